The molecule has 0 bridgehead atoms. The molecule has 2 N–H and O–H groups in total. The Hall–Kier alpha value is -1.04. The number of hydrogen-bond acceptors (Lipinski definition) is 4. The normalized spacial score (nSPS) is 21.0. The first-order chi connectivity index (χ1) is 10.2. The van der Waals surface area contributed by atoms with Crippen molar-refractivity contribution in [2.75, 3.05) is 18.0 Å². The molecule has 1 aromatic rings. The molecule has 0 aliphatic carbocycles. The highest BCUT2D eigenvalue weighted by molar-refractivity contribution is 6.47. The molecule has 0 unspecified atom stereocenters. The van der Waals surface area contributed by atoms with E-state index in [-0.39, 0.29) is 17.1 Å². The number of anilines is 1. The second kappa shape index (κ2) is 6.22. The van der Waals surface area contributed by atoms with Crippen LogP contribution in [0.2, 0.25) is 0 Å². The van der Waals surface area contributed by atoms with Gasteiger partial charge in [0.25, 0.3) is 0 Å². The first-order valence-electron chi connectivity index (χ1n) is 8.18. The molecule has 0 spiro atoms. The molecule has 22 heavy (non-hydrogen) atoms. The predicted molar refractivity (Wildman–Crippen MR) is 93.0 cm³/mol. The van der Waals surface area contributed by atoms with Crippen LogP contribution in [0.1, 0.15) is 53.0 Å². The lowest BCUT2D eigenvalue weighted by Crippen LogP contribution is -2.41. The van der Waals surface area contributed by atoms with E-state index in [4.69, 9.17) is 15.0 Å². The van der Waals surface area contributed by atoms with Crippen molar-refractivity contribution < 1.29 is 9.31 Å². The van der Waals surface area contributed by atoms with Gasteiger partial charge in [-0.25, -0.2) is 0 Å². The van der Waals surface area contributed by atoms with Crippen LogP contribution in [0, 0.1) is 0 Å². The zero-order valence-corrected chi connectivity index (χ0v) is 14.7. The smallest absolute Gasteiger partial charge is 0.402 e. The van der Waals surface area contributed by atoms with Gasteiger partial charge in [0.1, 0.15) is 0 Å². The van der Waals surface area contributed by atoms with Crippen LogP contribution < -0.4 is 10.6 Å². The number of rotatable bonds is 5. The number of nitrogens with zero attached hydrogens (tertiary/aromatic N) is 1. The van der Waals surface area contributed by atoms with Crippen molar-refractivity contribution in [3.05, 3.63) is 29.8 Å². The maximum atomic E-state index is 6.37. The fourth-order valence-corrected chi connectivity index (χ4v) is 2.69. The van der Waals surface area contributed by atoms with Gasteiger partial charge in [-0.05, 0) is 59.2 Å². The summed E-state index contributed by atoms with van der Waals surface area (Å²) in [5.41, 5.74) is 7.92. The van der Waals surface area contributed by atoms with Gasteiger partial charge in [0.2, 0.25) is 0 Å². The number of hydrogen-bond donors (Lipinski definition) is 1. The summed E-state index contributed by atoms with van der Waals surface area (Å²) in [6, 6.07) is 8.38. The second-order valence-electron chi connectivity index (χ2n) is 6.91. The first kappa shape index (κ1) is 17.3. The van der Waals surface area contributed by atoms with E-state index in [1.165, 1.54) is 5.69 Å². The molecule has 0 aromatic heterocycles. The van der Waals surface area contributed by atoms with Gasteiger partial charge in [0.05, 0.1) is 17.1 Å². The third-order valence-corrected chi connectivity index (χ3v) is 4.97. The summed E-state index contributed by atoms with van der Waals surface area (Å²) in [7, 11) is -0.413. The molecular formula is C17H29BN2O2. The summed E-state index contributed by atoms with van der Waals surface area (Å²) >= 11 is 0. The summed E-state index contributed by atoms with van der Waals surface area (Å²) in [5, 5.41) is 0. The van der Waals surface area contributed by atoms with Gasteiger partial charge in [-0.3, -0.25) is 0 Å². The second-order valence-corrected chi connectivity index (χ2v) is 6.91. The zero-order valence-electron chi connectivity index (χ0n) is 14.7. The van der Waals surface area contributed by atoms with Gasteiger partial charge in [0, 0.05) is 18.8 Å². The SMILES string of the molecule is CCN(CC)c1ccc([C@H](N)B2OC(C)(C)C(C)(C)O2)cc1. The van der Waals surface area contributed by atoms with Crippen molar-refractivity contribution in [2.45, 2.75) is 58.7 Å². The summed E-state index contributed by atoms with van der Waals surface area (Å²) in [6.07, 6.45) is 0. The maximum Gasteiger partial charge on any atom is 0.480 e. The van der Waals surface area contributed by atoms with Crippen LogP contribution in [0.3, 0.4) is 0 Å². The maximum absolute atomic E-state index is 6.37. The molecule has 5 heteroatoms. The van der Waals surface area contributed by atoms with Gasteiger partial charge in [0.15, 0.2) is 0 Å². The van der Waals surface area contributed by atoms with Crippen LogP contribution in [-0.4, -0.2) is 31.4 Å². The summed E-state index contributed by atoms with van der Waals surface area (Å²) in [6.45, 7) is 14.5. The predicted octanol–water partition coefficient (Wildman–Crippen LogP) is 3.16. The van der Waals surface area contributed by atoms with Crippen molar-refractivity contribution in [3.63, 3.8) is 0 Å². The van der Waals surface area contributed by atoms with E-state index in [0.29, 0.717) is 0 Å². The highest BCUT2D eigenvalue weighted by atomic mass is 16.7. The largest absolute Gasteiger partial charge is 0.480 e. The Balaban J connectivity index is 2.13. The third-order valence-electron chi connectivity index (χ3n) is 4.97. The molecule has 1 atom stereocenters. The number of nitrogens with two attached hydrogens (primary N) is 1. The zero-order chi connectivity index (χ0) is 16.5. The molecule has 1 saturated heterocycles. The lowest BCUT2D eigenvalue weighted by molar-refractivity contribution is 0.00578. The molecule has 1 fully saturated rings. The topological polar surface area (TPSA) is 47.7 Å². The monoisotopic (exact) mass is 304 g/mol. The molecule has 0 saturated carbocycles. The Kier molecular flexibility index (Phi) is 4.90. The quantitative estimate of drug-likeness (QED) is 0.849. The fraction of sp³-hybridized carbons (Fsp3) is 0.647. The van der Waals surface area contributed by atoms with Crippen molar-refractivity contribution in [1.29, 1.82) is 0 Å². The van der Waals surface area contributed by atoms with E-state index in [1.54, 1.807) is 0 Å². The third kappa shape index (κ3) is 3.17. The molecule has 1 aliphatic rings. The summed E-state index contributed by atoms with van der Waals surface area (Å²) < 4.78 is 12.1. The fourth-order valence-electron chi connectivity index (χ4n) is 2.69. The van der Waals surface area contributed by atoms with Crippen LogP contribution in [0.15, 0.2) is 24.3 Å². The van der Waals surface area contributed by atoms with E-state index in [9.17, 15) is 0 Å². The Morgan fingerprint density at radius 1 is 1.00 bits per heavy atom. The minimum absolute atomic E-state index is 0.285. The Morgan fingerprint density at radius 2 is 1.45 bits per heavy atom. The van der Waals surface area contributed by atoms with Crippen molar-refractivity contribution in [3.8, 4) is 0 Å². The van der Waals surface area contributed by atoms with Gasteiger partial charge in [-0.1, -0.05) is 12.1 Å². The first-order valence-corrected chi connectivity index (χ1v) is 8.18. The lowest BCUT2D eigenvalue weighted by atomic mass is 9.75. The van der Waals surface area contributed by atoms with Crippen molar-refractivity contribution in [2.24, 2.45) is 5.73 Å². The average molecular weight is 304 g/mol. The number of benzene rings is 1. The van der Waals surface area contributed by atoms with Crippen LogP contribution in [-0.2, 0) is 9.31 Å². The van der Waals surface area contributed by atoms with Gasteiger partial charge in [-0.15, -0.1) is 0 Å². The van der Waals surface area contributed by atoms with Crippen molar-refractivity contribution in [1.82, 2.24) is 0 Å². The van der Waals surface area contributed by atoms with Crippen LogP contribution in [0.5, 0.6) is 0 Å². The Labute approximate surface area is 135 Å². The molecule has 1 aliphatic heterocycles. The Bertz CT molecular complexity index is 482. The summed E-state index contributed by atoms with van der Waals surface area (Å²) in [5.74, 6) is -0.285. The lowest BCUT2D eigenvalue weighted by Gasteiger charge is -2.32. The van der Waals surface area contributed by atoms with Crippen LogP contribution in [0.25, 0.3) is 0 Å². The Morgan fingerprint density at radius 3 is 1.86 bits per heavy atom. The van der Waals surface area contributed by atoms with Gasteiger partial charge < -0.3 is 19.9 Å². The summed E-state index contributed by atoms with van der Waals surface area (Å²) in [4.78, 5) is 2.31. The van der Waals surface area contributed by atoms with Gasteiger partial charge >= 0.3 is 7.12 Å². The van der Waals surface area contributed by atoms with E-state index in [2.05, 4.69) is 43.0 Å². The highest BCUT2D eigenvalue weighted by Crippen LogP contribution is 2.39. The van der Waals surface area contributed by atoms with Crippen LogP contribution >= 0.6 is 0 Å². The molecule has 2 rings (SSSR count). The van der Waals surface area contributed by atoms with E-state index < -0.39 is 7.12 Å². The van der Waals surface area contributed by atoms with E-state index in [1.807, 2.05) is 27.7 Å². The molecule has 1 aromatic carbocycles. The average Bonchev–Trinajstić information content (AvgIpc) is 2.69. The molecule has 0 amide bonds. The molecule has 122 valence electrons. The molecule has 4 nitrogen and oxygen atoms in total. The molecular weight excluding hydrogens is 275 g/mol. The van der Waals surface area contributed by atoms with Gasteiger partial charge in [-0.2, -0.15) is 0 Å². The standard InChI is InChI=1S/C17H29BN2O2/c1-7-20(8-2)14-11-9-13(10-12-14)15(19)18-21-16(3,4)17(5,6)22-18/h9-12,15H,7-8,19H2,1-6H3/t15-/m0/s1. The highest BCUT2D eigenvalue weighted by Gasteiger charge is 2.53. The van der Waals surface area contributed by atoms with E-state index >= 15 is 0 Å². The van der Waals surface area contributed by atoms with Crippen molar-refractivity contribution >= 4 is 12.8 Å². The minimum Gasteiger partial charge on any atom is -0.402 e. The molecule has 0 radical (unpaired) electrons. The van der Waals surface area contributed by atoms with Crippen LogP contribution in [0.4, 0.5) is 5.69 Å². The molecule has 1 heterocycles. The minimum atomic E-state index is -0.413. The van der Waals surface area contributed by atoms with E-state index in [0.717, 1.165) is 18.7 Å².